The van der Waals surface area contributed by atoms with Crippen LogP contribution in [-0.4, -0.2) is 44.2 Å². The van der Waals surface area contributed by atoms with E-state index >= 15 is 0 Å². The molecule has 0 amide bonds. The summed E-state index contributed by atoms with van der Waals surface area (Å²) in [5.41, 5.74) is 1.12. The summed E-state index contributed by atoms with van der Waals surface area (Å²) in [5, 5.41) is 3.44. The van der Waals surface area contributed by atoms with Crippen molar-refractivity contribution in [2.75, 3.05) is 20.2 Å². The Labute approximate surface area is 160 Å². The summed E-state index contributed by atoms with van der Waals surface area (Å²) in [7, 11) is -2.01. The Hall–Kier alpha value is -1.90. The smallest absolute Gasteiger partial charge is 0.259 e. The molecule has 0 radical (unpaired) electrons. The highest BCUT2D eigenvalue weighted by atomic mass is 32.2. The number of piperidine rings is 1. The zero-order chi connectivity index (χ0) is 18.9. The molecule has 0 aliphatic carbocycles. The summed E-state index contributed by atoms with van der Waals surface area (Å²) in [5.74, 6) is 1.78. The molecule has 1 aromatic heterocycles. The van der Waals surface area contributed by atoms with Crippen LogP contribution >= 0.6 is 0 Å². The fraction of sp³-hybridized carbons (Fsp3) is 0.526. The third kappa shape index (κ3) is 3.88. The van der Waals surface area contributed by atoms with E-state index in [0.717, 1.165) is 55.9 Å². The standard InChI is InChI=1S/C19H26N4O3S/c1-26-15-7-5-14(6-8-15)16-9-10-20-12-17(16)22-27(24,25)19-13-23-11-3-2-4-18(23)21-19/h5-8,13,16-17,20,22H,2-4,9-12H2,1H3. The number of nitrogens with one attached hydrogen (secondary N) is 2. The largest absolute Gasteiger partial charge is 0.497 e. The van der Waals surface area contributed by atoms with Gasteiger partial charge in [0.1, 0.15) is 11.6 Å². The summed E-state index contributed by atoms with van der Waals surface area (Å²) in [6, 6.07) is 7.67. The van der Waals surface area contributed by atoms with Crippen LogP contribution in [0.2, 0.25) is 0 Å². The van der Waals surface area contributed by atoms with Crippen LogP contribution in [0, 0.1) is 0 Å². The maximum atomic E-state index is 13.0. The van der Waals surface area contributed by atoms with Crippen molar-refractivity contribution < 1.29 is 13.2 Å². The molecule has 27 heavy (non-hydrogen) atoms. The molecule has 2 aliphatic heterocycles. The SMILES string of the molecule is COc1ccc(C2CCNCC2NS(=O)(=O)c2cn3c(n2)CCCC3)cc1. The highest BCUT2D eigenvalue weighted by molar-refractivity contribution is 7.89. The monoisotopic (exact) mass is 390 g/mol. The lowest BCUT2D eigenvalue weighted by atomic mass is 9.86. The highest BCUT2D eigenvalue weighted by Gasteiger charge is 2.32. The van der Waals surface area contributed by atoms with Gasteiger partial charge < -0.3 is 14.6 Å². The van der Waals surface area contributed by atoms with Gasteiger partial charge in [-0.1, -0.05) is 12.1 Å². The number of rotatable bonds is 5. The van der Waals surface area contributed by atoms with Crippen molar-refractivity contribution in [1.82, 2.24) is 19.6 Å². The average molecular weight is 391 g/mol. The van der Waals surface area contributed by atoms with E-state index in [9.17, 15) is 8.42 Å². The molecular weight excluding hydrogens is 364 g/mol. The minimum absolute atomic E-state index is 0.115. The van der Waals surface area contributed by atoms with Crippen LogP contribution in [0.4, 0.5) is 0 Å². The molecule has 1 aromatic carbocycles. The number of hydrogen-bond acceptors (Lipinski definition) is 5. The van der Waals surface area contributed by atoms with Crippen LogP contribution in [0.1, 0.15) is 36.6 Å². The minimum Gasteiger partial charge on any atom is -0.497 e. The molecular formula is C19H26N4O3S. The lowest BCUT2D eigenvalue weighted by Gasteiger charge is -2.32. The van der Waals surface area contributed by atoms with Crippen molar-refractivity contribution in [3.63, 3.8) is 0 Å². The molecule has 2 aliphatic rings. The normalized spacial score (nSPS) is 23.0. The van der Waals surface area contributed by atoms with Crippen LogP contribution in [0.15, 0.2) is 35.5 Å². The van der Waals surface area contributed by atoms with Gasteiger partial charge in [-0.15, -0.1) is 0 Å². The third-order valence-corrected chi connectivity index (χ3v) is 6.85. The number of sulfonamides is 1. The van der Waals surface area contributed by atoms with E-state index in [1.54, 1.807) is 13.3 Å². The third-order valence-electron chi connectivity index (χ3n) is 5.49. The van der Waals surface area contributed by atoms with E-state index < -0.39 is 10.0 Å². The Bertz CT molecular complexity index is 869. The first-order chi connectivity index (χ1) is 13.1. The zero-order valence-corrected chi connectivity index (χ0v) is 16.3. The molecule has 8 heteroatoms. The number of nitrogens with zero attached hydrogens (tertiary/aromatic N) is 2. The molecule has 2 atom stereocenters. The number of fused-ring (bicyclic) bond motifs is 1. The van der Waals surface area contributed by atoms with Gasteiger partial charge >= 0.3 is 0 Å². The molecule has 2 aromatic rings. The van der Waals surface area contributed by atoms with Gasteiger partial charge in [-0.3, -0.25) is 0 Å². The molecule has 2 N–H and O–H groups in total. The maximum absolute atomic E-state index is 13.0. The Kier molecular flexibility index (Phi) is 5.21. The molecule has 3 heterocycles. The van der Waals surface area contributed by atoms with Crippen molar-refractivity contribution in [2.45, 2.75) is 49.2 Å². The fourth-order valence-electron chi connectivity index (χ4n) is 4.01. The molecule has 0 saturated carbocycles. The van der Waals surface area contributed by atoms with Gasteiger partial charge in [-0.2, -0.15) is 0 Å². The van der Waals surface area contributed by atoms with Crippen LogP contribution in [0.25, 0.3) is 0 Å². The highest BCUT2D eigenvalue weighted by Crippen LogP contribution is 2.28. The molecule has 0 spiro atoms. The molecule has 1 saturated heterocycles. The number of imidazole rings is 1. The second-order valence-corrected chi connectivity index (χ2v) is 8.91. The molecule has 0 bridgehead atoms. The Morgan fingerprint density at radius 3 is 2.81 bits per heavy atom. The van der Waals surface area contributed by atoms with Gasteiger partial charge in [0.25, 0.3) is 10.0 Å². The predicted molar refractivity (Wildman–Crippen MR) is 102 cm³/mol. The molecule has 2 unspecified atom stereocenters. The number of aryl methyl sites for hydroxylation is 2. The minimum atomic E-state index is -3.65. The summed E-state index contributed by atoms with van der Waals surface area (Å²) in [4.78, 5) is 4.38. The summed E-state index contributed by atoms with van der Waals surface area (Å²) in [6.07, 6.45) is 5.53. The summed E-state index contributed by atoms with van der Waals surface area (Å²) < 4.78 is 36.0. The van der Waals surface area contributed by atoms with Crippen LogP contribution in [0.3, 0.4) is 0 Å². The summed E-state index contributed by atoms with van der Waals surface area (Å²) in [6.45, 7) is 2.31. The molecule has 7 nitrogen and oxygen atoms in total. The second kappa shape index (κ2) is 7.61. The molecule has 146 valence electrons. The van der Waals surface area contributed by atoms with Gasteiger partial charge in [0, 0.05) is 37.7 Å². The average Bonchev–Trinajstić information content (AvgIpc) is 3.14. The first-order valence-corrected chi connectivity index (χ1v) is 11.0. The lowest BCUT2D eigenvalue weighted by Crippen LogP contribution is -2.49. The number of methoxy groups -OCH3 is 1. The van der Waals surface area contributed by atoms with Gasteiger partial charge in [0.2, 0.25) is 0 Å². The van der Waals surface area contributed by atoms with Crippen LogP contribution in [0.5, 0.6) is 5.75 Å². The molecule has 1 fully saturated rings. The van der Waals surface area contributed by atoms with Crippen LogP contribution in [-0.2, 0) is 23.0 Å². The van der Waals surface area contributed by atoms with Crippen molar-refractivity contribution >= 4 is 10.0 Å². The Morgan fingerprint density at radius 1 is 1.26 bits per heavy atom. The number of ether oxygens (including phenoxy) is 1. The van der Waals surface area contributed by atoms with Gasteiger partial charge in [-0.05, 0) is 43.5 Å². The fourth-order valence-corrected chi connectivity index (χ4v) is 5.27. The second-order valence-electron chi connectivity index (χ2n) is 7.25. The number of hydrogen-bond donors (Lipinski definition) is 2. The topological polar surface area (TPSA) is 85.3 Å². The van der Waals surface area contributed by atoms with Crippen molar-refractivity contribution in [3.05, 3.63) is 41.9 Å². The van der Waals surface area contributed by atoms with E-state index in [1.165, 1.54) is 0 Å². The van der Waals surface area contributed by atoms with Gasteiger partial charge in [0.15, 0.2) is 5.03 Å². The van der Waals surface area contributed by atoms with Crippen molar-refractivity contribution in [1.29, 1.82) is 0 Å². The number of aromatic nitrogens is 2. The number of benzene rings is 1. The first kappa shape index (κ1) is 18.5. The van der Waals surface area contributed by atoms with Crippen molar-refractivity contribution in [2.24, 2.45) is 0 Å². The first-order valence-electron chi connectivity index (χ1n) is 9.50. The van der Waals surface area contributed by atoms with Gasteiger partial charge in [0.05, 0.1) is 7.11 Å². The van der Waals surface area contributed by atoms with Gasteiger partial charge in [-0.25, -0.2) is 18.1 Å². The predicted octanol–water partition coefficient (Wildman–Crippen LogP) is 1.65. The maximum Gasteiger partial charge on any atom is 0.259 e. The van der Waals surface area contributed by atoms with Crippen molar-refractivity contribution in [3.8, 4) is 5.75 Å². The van der Waals surface area contributed by atoms with E-state index in [4.69, 9.17) is 4.74 Å². The lowest BCUT2D eigenvalue weighted by molar-refractivity contribution is 0.377. The zero-order valence-electron chi connectivity index (χ0n) is 15.5. The Morgan fingerprint density at radius 2 is 2.07 bits per heavy atom. The Balaban J connectivity index is 1.55. The summed E-state index contributed by atoms with van der Waals surface area (Å²) >= 11 is 0. The van der Waals surface area contributed by atoms with E-state index in [1.807, 2.05) is 28.8 Å². The molecule has 4 rings (SSSR count). The van der Waals surface area contributed by atoms with E-state index in [0.29, 0.717) is 6.54 Å². The van der Waals surface area contributed by atoms with Crippen LogP contribution < -0.4 is 14.8 Å². The quantitative estimate of drug-likeness (QED) is 0.811. The van der Waals surface area contributed by atoms with E-state index in [2.05, 4.69) is 15.0 Å². The van der Waals surface area contributed by atoms with E-state index in [-0.39, 0.29) is 17.0 Å².